The van der Waals surface area contributed by atoms with Crippen LogP contribution in [0.4, 0.5) is 5.82 Å². The van der Waals surface area contributed by atoms with Crippen molar-refractivity contribution in [3.05, 3.63) is 97.6 Å². The van der Waals surface area contributed by atoms with Crippen LogP contribution in [0.2, 0.25) is 0 Å². The second kappa shape index (κ2) is 8.69. The van der Waals surface area contributed by atoms with Crippen molar-refractivity contribution < 1.29 is 9.21 Å². The maximum atomic E-state index is 12.8. The lowest BCUT2D eigenvalue weighted by Gasteiger charge is -2.07. The second-order valence-electron chi connectivity index (χ2n) is 7.54. The van der Waals surface area contributed by atoms with E-state index in [0.29, 0.717) is 15.2 Å². The van der Waals surface area contributed by atoms with Gasteiger partial charge in [0.2, 0.25) is 0 Å². The molecule has 3 aromatic carbocycles. The van der Waals surface area contributed by atoms with Gasteiger partial charge in [0.1, 0.15) is 16.3 Å². The van der Waals surface area contributed by atoms with Crippen LogP contribution in [0.5, 0.6) is 0 Å². The number of nitrogens with one attached hydrogen (secondary N) is 1. The van der Waals surface area contributed by atoms with E-state index >= 15 is 0 Å². The number of hydrazone groups is 1. The van der Waals surface area contributed by atoms with Gasteiger partial charge in [-0.2, -0.15) is 5.10 Å². The molecule has 0 radical (unpaired) electrons. The number of benzene rings is 3. The van der Waals surface area contributed by atoms with Gasteiger partial charge in [-0.1, -0.05) is 59.9 Å². The summed E-state index contributed by atoms with van der Waals surface area (Å²) in [6, 6.07) is 22.5. The lowest BCUT2D eigenvalue weighted by atomic mass is 10.0. The van der Waals surface area contributed by atoms with Crippen LogP contribution in [0.1, 0.15) is 22.2 Å². The van der Waals surface area contributed by atoms with Gasteiger partial charge in [-0.3, -0.25) is 9.36 Å². The number of carbonyl (C=O) groups is 1. The van der Waals surface area contributed by atoms with Crippen LogP contribution < -0.4 is 16.8 Å². The van der Waals surface area contributed by atoms with Crippen molar-refractivity contribution in [2.24, 2.45) is 5.10 Å². The molecule has 2 aromatic heterocycles. The number of nitrogens with two attached hydrogens (primary N) is 1. The SMILES string of the molecule is C/C(=N\NC(=O)c1sc(=S)n(-c2ccccc2)c1N)c1cc2c(ccc3ccccc32)oc1=O. The van der Waals surface area contributed by atoms with Crippen molar-refractivity contribution in [3.63, 3.8) is 0 Å². The predicted octanol–water partition coefficient (Wildman–Crippen LogP) is 5.26. The molecule has 9 heteroatoms. The van der Waals surface area contributed by atoms with Gasteiger partial charge < -0.3 is 10.2 Å². The molecule has 0 saturated heterocycles. The standard InChI is InChI=1S/C25H18N4O3S2/c1-14(18-13-19-17-10-6-5-7-15(17)11-12-20(19)32-24(18)31)27-28-23(30)21-22(26)29(25(33)34-21)16-8-3-2-4-9-16/h2-13H,26H2,1H3,(H,28,30)/b27-14+. The first-order valence-corrected chi connectivity index (χ1v) is 11.5. The minimum atomic E-state index is -0.538. The Bertz CT molecular complexity index is 1720. The van der Waals surface area contributed by atoms with Gasteiger partial charge in [0.15, 0.2) is 3.95 Å². The van der Waals surface area contributed by atoms with Gasteiger partial charge in [-0.05, 0) is 54.2 Å². The fraction of sp³-hybridized carbons (Fsp3) is 0.0400. The molecular weight excluding hydrogens is 468 g/mol. The van der Waals surface area contributed by atoms with Gasteiger partial charge in [0, 0.05) is 11.1 Å². The molecule has 168 valence electrons. The third-order valence-corrected chi connectivity index (χ3v) is 6.81. The normalized spacial score (nSPS) is 11.7. The number of para-hydroxylation sites is 1. The molecule has 1 amide bonds. The Kier molecular flexibility index (Phi) is 5.56. The molecule has 0 atom stereocenters. The summed E-state index contributed by atoms with van der Waals surface area (Å²) in [4.78, 5) is 25.6. The largest absolute Gasteiger partial charge is 0.422 e. The van der Waals surface area contributed by atoms with E-state index in [-0.39, 0.29) is 16.3 Å². The van der Waals surface area contributed by atoms with Crippen LogP contribution in [0, 0.1) is 3.95 Å². The number of carbonyl (C=O) groups excluding carboxylic acids is 1. The summed E-state index contributed by atoms with van der Waals surface area (Å²) in [5, 5.41) is 6.90. The Hall–Kier alpha value is -4.08. The Morgan fingerprint density at radius 2 is 1.79 bits per heavy atom. The Morgan fingerprint density at radius 3 is 2.59 bits per heavy atom. The molecule has 5 rings (SSSR count). The first-order chi connectivity index (χ1) is 16.4. The lowest BCUT2D eigenvalue weighted by Crippen LogP contribution is -2.22. The third kappa shape index (κ3) is 3.81. The van der Waals surface area contributed by atoms with E-state index in [1.165, 1.54) is 0 Å². The highest BCUT2D eigenvalue weighted by atomic mass is 32.1. The van der Waals surface area contributed by atoms with E-state index in [0.717, 1.165) is 33.2 Å². The molecular formula is C25H18N4O3S2. The highest BCUT2D eigenvalue weighted by molar-refractivity contribution is 7.73. The summed E-state index contributed by atoms with van der Waals surface area (Å²) < 4.78 is 7.59. The molecule has 0 spiro atoms. The third-order valence-electron chi connectivity index (χ3n) is 5.42. The van der Waals surface area contributed by atoms with Gasteiger partial charge in [0.25, 0.3) is 5.91 Å². The topological polar surface area (TPSA) is 103 Å². The minimum absolute atomic E-state index is 0.225. The first kappa shape index (κ1) is 21.7. The molecule has 7 nitrogen and oxygen atoms in total. The molecule has 3 N–H and O–H groups in total. The highest BCUT2D eigenvalue weighted by Gasteiger charge is 2.18. The van der Waals surface area contributed by atoms with Crippen molar-refractivity contribution in [2.45, 2.75) is 6.92 Å². The summed E-state index contributed by atoms with van der Waals surface area (Å²) in [6.45, 7) is 1.63. The van der Waals surface area contributed by atoms with Gasteiger partial charge in [0.05, 0.1) is 11.3 Å². The highest BCUT2D eigenvalue weighted by Crippen LogP contribution is 2.27. The molecule has 0 bridgehead atoms. The van der Waals surface area contributed by atoms with Crippen molar-refractivity contribution in [1.29, 1.82) is 0 Å². The van der Waals surface area contributed by atoms with E-state index in [9.17, 15) is 9.59 Å². The number of aromatic nitrogens is 1. The molecule has 0 aliphatic rings. The number of hydrogen-bond donors (Lipinski definition) is 2. The van der Waals surface area contributed by atoms with E-state index in [1.807, 2.05) is 60.7 Å². The number of rotatable bonds is 4. The van der Waals surface area contributed by atoms with Crippen LogP contribution >= 0.6 is 23.6 Å². The van der Waals surface area contributed by atoms with Gasteiger partial charge >= 0.3 is 5.63 Å². The van der Waals surface area contributed by atoms with E-state index < -0.39 is 11.5 Å². The Morgan fingerprint density at radius 1 is 1.06 bits per heavy atom. The second-order valence-corrected chi connectivity index (χ2v) is 9.18. The zero-order valence-corrected chi connectivity index (χ0v) is 19.6. The summed E-state index contributed by atoms with van der Waals surface area (Å²) in [7, 11) is 0. The van der Waals surface area contributed by atoms with Crippen LogP contribution in [0.15, 0.2) is 87.1 Å². The molecule has 0 saturated carbocycles. The monoisotopic (exact) mass is 486 g/mol. The predicted molar refractivity (Wildman–Crippen MR) is 139 cm³/mol. The van der Waals surface area contributed by atoms with Gasteiger partial charge in [-0.25, -0.2) is 10.2 Å². The fourth-order valence-corrected chi connectivity index (χ4v) is 5.00. The van der Waals surface area contributed by atoms with E-state index in [2.05, 4.69) is 10.5 Å². The Balaban J connectivity index is 1.48. The van der Waals surface area contributed by atoms with Crippen molar-refractivity contribution >= 4 is 62.7 Å². The summed E-state index contributed by atoms with van der Waals surface area (Å²) in [5.74, 6) is -0.290. The van der Waals surface area contributed by atoms with Crippen LogP contribution in [0.3, 0.4) is 0 Å². The van der Waals surface area contributed by atoms with Crippen LogP contribution in [-0.2, 0) is 0 Å². The number of fused-ring (bicyclic) bond motifs is 3. The smallest absolute Gasteiger partial charge is 0.345 e. The number of amides is 1. The fourth-order valence-electron chi connectivity index (χ4n) is 3.74. The lowest BCUT2D eigenvalue weighted by molar-refractivity contribution is 0.0959. The van der Waals surface area contributed by atoms with Gasteiger partial charge in [-0.15, -0.1) is 0 Å². The maximum absolute atomic E-state index is 12.8. The molecule has 34 heavy (non-hydrogen) atoms. The summed E-state index contributed by atoms with van der Waals surface area (Å²) in [6.07, 6.45) is 0. The quantitative estimate of drug-likeness (QED) is 0.119. The molecule has 0 fully saturated rings. The zero-order valence-electron chi connectivity index (χ0n) is 17.9. The van der Waals surface area contributed by atoms with Crippen LogP contribution in [0.25, 0.3) is 27.4 Å². The number of nitrogens with zero attached hydrogens (tertiary/aromatic N) is 2. The number of nitrogen functional groups attached to an aromatic ring is 1. The first-order valence-electron chi connectivity index (χ1n) is 10.3. The zero-order chi connectivity index (χ0) is 23.8. The number of thiazole rings is 1. The van der Waals surface area contributed by atoms with Crippen LogP contribution in [-0.4, -0.2) is 16.2 Å². The van der Waals surface area contributed by atoms with E-state index in [4.69, 9.17) is 22.4 Å². The van der Waals surface area contributed by atoms with Crippen molar-refractivity contribution in [1.82, 2.24) is 9.99 Å². The number of hydrogen-bond acceptors (Lipinski definition) is 7. The maximum Gasteiger partial charge on any atom is 0.345 e. The number of anilines is 1. The average Bonchev–Trinajstić information content (AvgIpc) is 3.16. The van der Waals surface area contributed by atoms with E-state index in [1.54, 1.807) is 23.6 Å². The molecule has 0 aliphatic carbocycles. The molecule has 2 heterocycles. The van der Waals surface area contributed by atoms with Crippen molar-refractivity contribution in [2.75, 3.05) is 5.73 Å². The molecule has 5 aromatic rings. The summed E-state index contributed by atoms with van der Waals surface area (Å²) >= 11 is 6.50. The molecule has 0 aliphatic heterocycles. The molecule has 0 unspecified atom stereocenters. The van der Waals surface area contributed by atoms with Crippen molar-refractivity contribution in [3.8, 4) is 5.69 Å². The minimum Gasteiger partial charge on any atom is -0.422 e. The summed E-state index contributed by atoms with van der Waals surface area (Å²) in [5.41, 5.74) is 9.98. The Labute approximate surface area is 202 Å². The average molecular weight is 487 g/mol.